The Hall–Kier alpha value is -1.09. The van der Waals surface area contributed by atoms with E-state index in [1.165, 1.54) is 0 Å². The zero-order valence-corrected chi connectivity index (χ0v) is 13.2. The summed E-state index contributed by atoms with van der Waals surface area (Å²) < 4.78 is 0. The molecule has 0 saturated carbocycles. The number of hydrogen-bond acceptors (Lipinski definition) is 2. The van der Waals surface area contributed by atoms with E-state index in [0.717, 1.165) is 12.2 Å². The summed E-state index contributed by atoms with van der Waals surface area (Å²) in [5, 5.41) is 0.384. The highest BCUT2D eigenvalue weighted by atomic mass is 35.5. The minimum absolute atomic E-state index is 0.0300. The van der Waals surface area contributed by atoms with Crippen molar-refractivity contribution in [1.82, 2.24) is 9.88 Å². The average Bonchev–Trinajstić information content (AvgIpc) is 2.34. The number of carbonyl (C=O) groups excluding carboxylic acids is 1. The Balaban J connectivity index is 3.04. The van der Waals surface area contributed by atoms with Crippen LogP contribution in [-0.4, -0.2) is 28.9 Å². The van der Waals surface area contributed by atoms with E-state index in [2.05, 4.69) is 18.8 Å². The number of carbonyl (C=O) groups is 1. The lowest BCUT2D eigenvalue weighted by molar-refractivity contribution is 0.0745. The topological polar surface area (TPSA) is 33.2 Å². The molecule has 1 aromatic heterocycles. The highest BCUT2D eigenvalue weighted by molar-refractivity contribution is 6.29. The van der Waals surface area contributed by atoms with Gasteiger partial charge in [-0.15, -0.1) is 0 Å². The third-order valence-corrected chi connectivity index (χ3v) is 3.10. The second-order valence-electron chi connectivity index (χ2n) is 5.50. The van der Waals surface area contributed by atoms with Crippen LogP contribution in [-0.2, 0) is 0 Å². The van der Waals surface area contributed by atoms with Crippen LogP contribution in [0.5, 0.6) is 0 Å². The van der Waals surface area contributed by atoms with Gasteiger partial charge in [-0.3, -0.25) is 4.79 Å². The number of amides is 1. The summed E-state index contributed by atoms with van der Waals surface area (Å²) in [5.41, 5.74) is 1.49. The number of hydrogen-bond donors (Lipinski definition) is 0. The predicted molar refractivity (Wildman–Crippen MR) is 79.8 cm³/mol. The second kappa shape index (κ2) is 6.90. The molecule has 1 aromatic rings. The molecule has 1 amide bonds. The van der Waals surface area contributed by atoms with Crippen LogP contribution in [0.4, 0.5) is 0 Å². The smallest absolute Gasteiger partial charge is 0.254 e. The van der Waals surface area contributed by atoms with Crippen molar-refractivity contribution in [2.45, 2.75) is 40.5 Å². The maximum Gasteiger partial charge on any atom is 0.254 e. The molecule has 19 heavy (non-hydrogen) atoms. The molecule has 3 nitrogen and oxygen atoms in total. The van der Waals surface area contributed by atoms with Crippen LogP contribution in [0.15, 0.2) is 12.1 Å². The summed E-state index contributed by atoms with van der Waals surface area (Å²) in [7, 11) is 0. The summed E-state index contributed by atoms with van der Waals surface area (Å²) in [6, 6.07) is 3.50. The van der Waals surface area contributed by atoms with Crippen LogP contribution in [0.3, 0.4) is 0 Å². The van der Waals surface area contributed by atoms with Gasteiger partial charge < -0.3 is 4.90 Å². The van der Waals surface area contributed by atoms with Crippen molar-refractivity contribution in [3.63, 3.8) is 0 Å². The Labute approximate surface area is 121 Å². The van der Waals surface area contributed by atoms with Crippen molar-refractivity contribution in [1.29, 1.82) is 0 Å². The van der Waals surface area contributed by atoms with Crippen LogP contribution in [0.25, 0.3) is 0 Å². The lowest BCUT2D eigenvalue weighted by atomic mass is 10.1. The normalized spacial score (nSPS) is 11.2. The first-order chi connectivity index (χ1) is 8.85. The first kappa shape index (κ1) is 16.0. The van der Waals surface area contributed by atoms with Gasteiger partial charge in [0.1, 0.15) is 5.15 Å². The van der Waals surface area contributed by atoms with Gasteiger partial charge in [-0.05, 0) is 30.9 Å². The van der Waals surface area contributed by atoms with Gasteiger partial charge in [-0.2, -0.15) is 0 Å². The number of halogens is 1. The lowest BCUT2D eigenvalue weighted by Gasteiger charge is -2.23. The largest absolute Gasteiger partial charge is 0.339 e. The zero-order chi connectivity index (χ0) is 14.6. The molecule has 0 N–H and O–H groups in total. The van der Waals surface area contributed by atoms with Gasteiger partial charge in [0.15, 0.2) is 0 Å². The van der Waals surface area contributed by atoms with E-state index in [1.807, 2.05) is 31.7 Å². The Kier molecular flexibility index (Phi) is 5.80. The maximum absolute atomic E-state index is 12.5. The number of rotatable bonds is 5. The van der Waals surface area contributed by atoms with E-state index in [1.54, 1.807) is 6.07 Å². The van der Waals surface area contributed by atoms with Crippen LogP contribution >= 0.6 is 11.6 Å². The van der Waals surface area contributed by atoms with Crippen LogP contribution < -0.4 is 0 Å². The average molecular weight is 283 g/mol. The van der Waals surface area contributed by atoms with E-state index in [4.69, 9.17) is 11.6 Å². The molecule has 0 atom stereocenters. The number of aromatic nitrogens is 1. The molecular formula is C15H23ClN2O. The van der Waals surface area contributed by atoms with Gasteiger partial charge >= 0.3 is 0 Å². The van der Waals surface area contributed by atoms with Gasteiger partial charge in [-0.1, -0.05) is 39.3 Å². The highest BCUT2D eigenvalue weighted by Gasteiger charge is 2.17. The Morgan fingerprint density at radius 1 is 1.32 bits per heavy atom. The number of pyridine rings is 1. The van der Waals surface area contributed by atoms with Crippen molar-refractivity contribution < 1.29 is 4.79 Å². The molecule has 0 aromatic carbocycles. The van der Waals surface area contributed by atoms with E-state index in [9.17, 15) is 4.79 Å². The third-order valence-electron chi connectivity index (χ3n) is 2.91. The van der Waals surface area contributed by atoms with E-state index in [0.29, 0.717) is 23.2 Å². The minimum atomic E-state index is 0.0300. The van der Waals surface area contributed by atoms with Crippen molar-refractivity contribution >= 4 is 17.5 Å². The standard InChI is InChI=1S/C15H23ClN2O/c1-6-18(9-10(2)3)15(19)12-7-13(11(4)5)17-14(16)8-12/h7-8,10-11H,6,9H2,1-5H3. The summed E-state index contributed by atoms with van der Waals surface area (Å²) in [6.45, 7) is 11.7. The summed E-state index contributed by atoms with van der Waals surface area (Å²) in [6.07, 6.45) is 0. The van der Waals surface area contributed by atoms with E-state index >= 15 is 0 Å². The molecule has 0 spiro atoms. The van der Waals surface area contributed by atoms with Crippen LogP contribution in [0.2, 0.25) is 5.15 Å². The lowest BCUT2D eigenvalue weighted by Crippen LogP contribution is -2.34. The molecule has 106 valence electrons. The summed E-state index contributed by atoms with van der Waals surface area (Å²) >= 11 is 6.01. The molecule has 0 bridgehead atoms. The van der Waals surface area contributed by atoms with Gasteiger partial charge in [0.2, 0.25) is 0 Å². The van der Waals surface area contributed by atoms with Gasteiger partial charge in [0.05, 0.1) is 0 Å². The quantitative estimate of drug-likeness (QED) is 0.766. The van der Waals surface area contributed by atoms with Crippen LogP contribution in [0.1, 0.15) is 56.6 Å². The molecule has 0 aliphatic heterocycles. The molecule has 0 saturated heterocycles. The predicted octanol–water partition coefficient (Wildman–Crippen LogP) is 3.98. The van der Waals surface area contributed by atoms with E-state index < -0.39 is 0 Å². The molecule has 0 aliphatic carbocycles. The Morgan fingerprint density at radius 3 is 2.42 bits per heavy atom. The molecule has 0 fully saturated rings. The monoisotopic (exact) mass is 282 g/mol. The summed E-state index contributed by atoms with van der Waals surface area (Å²) in [4.78, 5) is 18.6. The fraction of sp³-hybridized carbons (Fsp3) is 0.600. The second-order valence-corrected chi connectivity index (χ2v) is 5.88. The third kappa shape index (κ3) is 4.50. The molecule has 0 aliphatic rings. The van der Waals surface area contributed by atoms with Crippen molar-refractivity contribution in [2.24, 2.45) is 5.92 Å². The zero-order valence-electron chi connectivity index (χ0n) is 12.4. The Morgan fingerprint density at radius 2 is 1.95 bits per heavy atom. The first-order valence-electron chi connectivity index (χ1n) is 6.81. The highest BCUT2D eigenvalue weighted by Crippen LogP contribution is 2.19. The first-order valence-corrected chi connectivity index (χ1v) is 7.19. The van der Waals surface area contributed by atoms with Gasteiger partial charge in [-0.25, -0.2) is 4.98 Å². The van der Waals surface area contributed by atoms with Gasteiger partial charge in [0.25, 0.3) is 5.91 Å². The summed E-state index contributed by atoms with van der Waals surface area (Å²) in [5.74, 6) is 0.735. The molecule has 0 radical (unpaired) electrons. The van der Waals surface area contributed by atoms with Gasteiger partial charge in [0, 0.05) is 24.3 Å². The molecule has 1 rings (SSSR count). The van der Waals surface area contributed by atoms with Crippen molar-refractivity contribution in [2.75, 3.05) is 13.1 Å². The SMILES string of the molecule is CCN(CC(C)C)C(=O)c1cc(Cl)nc(C(C)C)c1. The van der Waals surface area contributed by atoms with Crippen molar-refractivity contribution in [3.05, 3.63) is 28.5 Å². The number of nitrogens with zero attached hydrogens (tertiary/aromatic N) is 2. The molecular weight excluding hydrogens is 260 g/mol. The maximum atomic E-state index is 12.5. The molecule has 0 unspecified atom stereocenters. The van der Waals surface area contributed by atoms with E-state index in [-0.39, 0.29) is 11.8 Å². The van der Waals surface area contributed by atoms with Crippen LogP contribution in [0, 0.1) is 5.92 Å². The molecule has 4 heteroatoms. The minimum Gasteiger partial charge on any atom is -0.339 e. The fourth-order valence-corrected chi connectivity index (χ4v) is 2.13. The Bertz CT molecular complexity index is 444. The molecule has 1 heterocycles. The fourth-order valence-electron chi connectivity index (χ4n) is 1.92. The van der Waals surface area contributed by atoms with Crippen molar-refractivity contribution in [3.8, 4) is 0 Å².